The van der Waals surface area contributed by atoms with Crippen molar-refractivity contribution in [1.29, 1.82) is 0 Å². The lowest BCUT2D eigenvalue weighted by molar-refractivity contribution is 0.281. The fraction of sp³-hybridized carbons (Fsp3) is 0.538. The molecule has 100 valence electrons. The first kappa shape index (κ1) is 13.5. The summed E-state index contributed by atoms with van der Waals surface area (Å²) in [6.45, 7) is 0.274. The van der Waals surface area contributed by atoms with Crippen LogP contribution in [-0.2, 0) is 23.2 Å². The maximum Gasteiger partial charge on any atom is 0.214 e. The number of benzene rings is 1. The minimum absolute atomic E-state index is 0.0246. The molecule has 1 aliphatic rings. The van der Waals surface area contributed by atoms with E-state index in [4.69, 9.17) is 5.11 Å². The number of rotatable bonds is 5. The Morgan fingerprint density at radius 1 is 1.22 bits per heavy atom. The Balaban J connectivity index is 1.97. The van der Waals surface area contributed by atoms with Crippen molar-refractivity contribution in [2.45, 2.75) is 44.1 Å². The number of aliphatic hydroxyl groups excluding tert-OH is 1. The van der Waals surface area contributed by atoms with Crippen LogP contribution in [0.3, 0.4) is 0 Å². The van der Waals surface area contributed by atoms with Crippen LogP contribution in [0.2, 0.25) is 0 Å². The lowest BCUT2D eigenvalue weighted by atomic mass is 10.1. The first-order chi connectivity index (χ1) is 8.62. The molecule has 0 heterocycles. The molecule has 18 heavy (non-hydrogen) atoms. The van der Waals surface area contributed by atoms with Crippen molar-refractivity contribution in [3.63, 3.8) is 0 Å². The number of nitrogens with one attached hydrogen (secondary N) is 1. The van der Waals surface area contributed by atoms with E-state index in [9.17, 15) is 8.42 Å². The Bertz CT molecular complexity index is 493. The van der Waals surface area contributed by atoms with Gasteiger partial charge in [-0.25, -0.2) is 13.1 Å². The summed E-state index contributed by atoms with van der Waals surface area (Å²) in [5, 5.41) is 8.80. The maximum atomic E-state index is 12.0. The van der Waals surface area contributed by atoms with Gasteiger partial charge in [-0.2, -0.15) is 0 Å². The summed E-state index contributed by atoms with van der Waals surface area (Å²) >= 11 is 0. The molecular formula is C13H19NO3S. The average molecular weight is 269 g/mol. The normalized spacial score (nSPS) is 17.2. The Hall–Kier alpha value is -0.910. The quantitative estimate of drug-likeness (QED) is 0.852. The van der Waals surface area contributed by atoms with Crippen LogP contribution in [0.1, 0.15) is 36.8 Å². The van der Waals surface area contributed by atoms with Gasteiger partial charge in [0.15, 0.2) is 0 Å². The summed E-state index contributed by atoms with van der Waals surface area (Å²) in [6.07, 6.45) is 3.55. The van der Waals surface area contributed by atoms with Crippen LogP contribution in [-0.4, -0.2) is 18.8 Å². The molecule has 0 aromatic heterocycles. The first-order valence-corrected chi connectivity index (χ1v) is 7.83. The second-order valence-electron chi connectivity index (χ2n) is 4.75. The van der Waals surface area contributed by atoms with E-state index in [0.717, 1.165) is 36.8 Å². The van der Waals surface area contributed by atoms with Gasteiger partial charge >= 0.3 is 0 Å². The summed E-state index contributed by atoms with van der Waals surface area (Å²) in [6, 6.07) is 7.31. The van der Waals surface area contributed by atoms with E-state index in [0.29, 0.717) is 6.54 Å². The molecule has 0 atom stereocenters. The Morgan fingerprint density at radius 2 is 1.89 bits per heavy atom. The van der Waals surface area contributed by atoms with Gasteiger partial charge in [0.25, 0.3) is 0 Å². The van der Waals surface area contributed by atoms with Crippen LogP contribution in [0, 0.1) is 0 Å². The van der Waals surface area contributed by atoms with Gasteiger partial charge in [-0.05, 0) is 24.0 Å². The van der Waals surface area contributed by atoms with Gasteiger partial charge in [0, 0.05) is 6.54 Å². The van der Waals surface area contributed by atoms with Crippen LogP contribution in [0.4, 0.5) is 0 Å². The van der Waals surface area contributed by atoms with Crippen molar-refractivity contribution in [2.24, 2.45) is 0 Å². The molecule has 1 fully saturated rings. The molecule has 1 aromatic carbocycles. The van der Waals surface area contributed by atoms with Crippen LogP contribution in [0.5, 0.6) is 0 Å². The van der Waals surface area contributed by atoms with Gasteiger partial charge in [0.1, 0.15) is 0 Å². The van der Waals surface area contributed by atoms with Crippen LogP contribution >= 0.6 is 0 Å². The molecule has 0 radical (unpaired) electrons. The van der Waals surface area contributed by atoms with Crippen molar-refractivity contribution < 1.29 is 13.5 Å². The molecule has 4 nitrogen and oxygen atoms in total. The van der Waals surface area contributed by atoms with Gasteiger partial charge < -0.3 is 5.11 Å². The van der Waals surface area contributed by atoms with Crippen LogP contribution in [0.15, 0.2) is 24.3 Å². The molecule has 0 amide bonds. The minimum Gasteiger partial charge on any atom is -0.392 e. The van der Waals surface area contributed by atoms with Crippen LogP contribution < -0.4 is 4.72 Å². The number of aliphatic hydroxyl groups is 1. The summed E-state index contributed by atoms with van der Waals surface area (Å²) < 4.78 is 26.7. The lowest BCUT2D eigenvalue weighted by Crippen LogP contribution is -2.32. The van der Waals surface area contributed by atoms with Gasteiger partial charge in [0.2, 0.25) is 10.0 Å². The zero-order valence-electron chi connectivity index (χ0n) is 10.3. The van der Waals surface area contributed by atoms with Crippen molar-refractivity contribution >= 4 is 10.0 Å². The van der Waals surface area contributed by atoms with Gasteiger partial charge in [0.05, 0.1) is 11.9 Å². The van der Waals surface area contributed by atoms with Crippen molar-refractivity contribution in [1.82, 2.24) is 4.72 Å². The van der Waals surface area contributed by atoms with Gasteiger partial charge in [-0.15, -0.1) is 0 Å². The molecule has 0 unspecified atom stereocenters. The molecule has 1 aliphatic carbocycles. The Kier molecular flexibility index (Phi) is 4.37. The Morgan fingerprint density at radius 3 is 2.56 bits per heavy atom. The molecule has 0 spiro atoms. The Labute approximate surface area is 108 Å². The lowest BCUT2D eigenvalue weighted by Gasteiger charge is -2.12. The van der Waals surface area contributed by atoms with Gasteiger partial charge in [-0.3, -0.25) is 0 Å². The first-order valence-electron chi connectivity index (χ1n) is 6.29. The van der Waals surface area contributed by atoms with E-state index in [1.54, 1.807) is 0 Å². The highest BCUT2D eigenvalue weighted by Gasteiger charge is 2.28. The van der Waals surface area contributed by atoms with Gasteiger partial charge in [-0.1, -0.05) is 37.1 Å². The highest BCUT2D eigenvalue weighted by molar-refractivity contribution is 7.90. The predicted molar refractivity (Wildman–Crippen MR) is 70.4 cm³/mol. The minimum atomic E-state index is -3.19. The van der Waals surface area contributed by atoms with E-state index in [1.165, 1.54) is 0 Å². The van der Waals surface area contributed by atoms with E-state index >= 15 is 0 Å². The van der Waals surface area contributed by atoms with E-state index in [-0.39, 0.29) is 11.9 Å². The monoisotopic (exact) mass is 269 g/mol. The number of sulfonamides is 1. The highest BCUT2D eigenvalue weighted by Crippen LogP contribution is 2.24. The largest absolute Gasteiger partial charge is 0.392 e. The third-order valence-corrected chi connectivity index (χ3v) is 5.29. The fourth-order valence-electron chi connectivity index (χ4n) is 2.34. The molecule has 2 rings (SSSR count). The summed E-state index contributed by atoms with van der Waals surface area (Å²) in [7, 11) is -3.19. The van der Waals surface area contributed by atoms with Crippen molar-refractivity contribution in [3.05, 3.63) is 35.4 Å². The third kappa shape index (κ3) is 3.31. The maximum absolute atomic E-state index is 12.0. The molecule has 0 aliphatic heterocycles. The van der Waals surface area contributed by atoms with Crippen molar-refractivity contribution in [3.8, 4) is 0 Å². The average Bonchev–Trinajstić information content (AvgIpc) is 2.91. The van der Waals surface area contributed by atoms with Crippen LogP contribution in [0.25, 0.3) is 0 Å². The summed E-state index contributed by atoms with van der Waals surface area (Å²) in [4.78, 5) is 0. The fourth-order valence-corrected chi connectivity index (χ4v) is 3.90. The summed E-state index contributed by atoms with van der Waals surface area (Å²) in [5.41, 5.74) is 1.68. The molecular weight excluding hydrogens is 250 g/mol. The highest BCUT2D eigenvalue weighted by atomic mass is 32.2. The SMILES string of the molecule is O=S(=O)(NCc1cccc(CO)c1)C1CCCC1. The van der Waals surface area contributed by atoms with E-state index in [2.05, 4.69) is 4.72 Å². The zero-order valence-corrected chi connectivity index (χ0v) is 11.1. The topological polar surface area (TPSA) is 66.4 Å². The molecule has 1 aromatic rings. The number of hydrogen-bond donors (Lipinski definition) is 2. The van der Waals surface area contributed by atoms with E-state index < -0.39 is 10.0 Å². The number of hydrogen-bond acceptors (Lipinski definition) is 3. The molecule has 0 bridgehead atoms. The second-order valence-corrected chi connectivity index (χ2v) is 6.80. The second kappa shape index (κ2) is 5.82. The zero-order chi connectivity index (χ0) is 13.0. The molecule has 5 heteroatoms. The third-order valence-electron chi connectivity index (χ3n) is 3.39. The van der Waals surface area contributed by atoms with Crippen molar-refractivity contribution in [2.75, 3.05) is 0 Å². The summed E-state index contributed by atoms with van der Waals surface area (Å²) in [5.74, 6) is 0. The molecule has 2 N–H and O–H groups in total. The predicted octanol–water partition coefficient (Wildman–Crippen LogP) is 1.54. The standard InChI is InChI=1S/C13H19NO3S/c15-10-12-5-3-4-11(8-12)9-14-18(16,17)13-6-1-2-7-13/h3-5,8,13-15H,1-2,6-7,9-10H2. The van der Waals surface area contributed by atoms with E-state index in [1.807, 2.05) is 24.3 Å². The molecule has 1 saturated carbocycles. The molecule has 0 saturated heterocycles. The smallest absolute Gasteiger partial charge is 0.214 e.